The Morgan fingerprint density at radius 2 is 2.11 bits per heavy atom. The average molecular weight is 427 g/mol. The van der Waals surface area contributed by atoms with Gasteiger partial charge in [0.05, 0.1) is 16.5 Å². The Bertz CT molecular complexity index is 854. The van der Waals surface area contributed by atoms with Crippen LogP contribution in [0.1, 0.15) is 23.2 Å². The summed E-state index contributed by atoms with van der Waals surface area (Å²) in [5.74, 6) is -3.37. The number of thioether (sulfide) groups is 1. The molecule has 148 valence electrons. The maximum atomic E-state index is 12.8. The van der Waals surface area contributed by atoms with Crippen LogP contribution in [0.4, 0.5) is 14.6 Å². The van der Waals surface area contributed by atoms with E-state index in [1.807, 2.05) is 0 Å². The molecule has 2 amide bonds. The number of carbonyl (C=O) groups excluding carboxylic acids is 2. The van der Waals surface area contributed by atoms with Crippen molar-refractivity contribution in [2.45, 2.75) is 23.6 Å². The van der Waals surface area contributed by atoms with Gasteiger partial charge in [-0.25, -0.2) is 9.97 Å². The van der Waals surface area contributed by atoms with E-state index in [2.05, 4.69) is 15.3 Å². The first-order valence-electron chi connectivity index (χ1n) is 8.55. The zero-order valence-electron chi connectivity index (χ0n) is 14.6. The number of nitrogens with zero attached hydrogens (tertiary/aromatic N) is 3. The minimum atomic E-state index is -2.67. The van der Waals surface area contributed by atoms with Crippen LogP contribution >= 0.6 is 23.4 Å². The molecule has 1 N–H and O–H groups in total. The number of nitrogens with one attached hydrogen (secondary N) is 1. The van der Waals surface area contributed by atoms with Crippen LogP contribution < -0.4 is 5.32 Å². The molecule has 1 unspecified atom stereocenters. The van der Waals surface area contributed by atoms with Crippen molar-refractivity contribution in [3.63, 3.8) is 0 Å². The Balaban J connectivity index is 1.68. The topological polar surface area (TPSA) is 75.2 Å². The largest absolute Gasteiger partial charge is 0.338 e. The van der Waals surface area contributed by atoms with E-state index in [0.717, 1.165) is 0 Å². The molecule has 0 bridgehead atoms. The molecule has 1 aliphatic heterocycles. The van der Waals surface area contributed by atoms with Crippen LogP contribution in [0.25, 0.3) is 0 Å². The van der Waals surface area contributed by atoms with Crippen molar-refractivity contribution in [3.05, 3.63) is 47.2 Å². The van der Waals surface area contributed by atoms with E-state index >= 15 is 0 Å². The van der Waals surface area contributed by atoms with E-state index in [0.29, 0.717) is 30.2 Å². The van der Waals surface area contributed by atoms with E-state index in [4.69, 9.17) is 11.6 Å². The van der Waals surface area contributed by atoms with Crippen LogP contribution in [-0.4, -0.2) is 45.5 Å². The number of amides is 2. The minimum Gasteiger partial charge on any atom is -0.338 e. The number of anilines is 1. The first kappa shape index (κ1) is 20.5. The number of rotatable bonds is 5. The fourth-order valence-electron chi connectivity index (χ4n) is 2.96. The maximum absolute atomic E-state index is 12.8. The SMILES string of the molecule is O=C(Nc1ccc(Cl)cn1)C1CCCN(C(=O)c2cccnc2SC(F)F)C1. The van der Waals surface area contributed by atoms with Gasteiger partial charge in [0.1, 0.15) is 10.8 Å². The molecule has 6 nitrogen and oxygen atoms in total. The predicted octanol–water partition coefficient (Wildman–Crippen LogP) is 3.94. The summed E-state index contributed by atoms with van der Waals surface area (Å²) in [7, 11) is 0. The van der Waals surface area contributed by atoms with E-state index in [1.54, 1.807) is 12.1 Å². The number of carbonyl (C=O) groups is 2. The van der Waals surface area contributed by atoms with E-state index in [-0.39, 0.29) is 34.8 Å². The number of hydrogen-bond acceptors (Lipinski definition) is 5. The lowest BCUT2D eigenvalue weighted by molar-refractivity contribution is -0.121. The predicted molar refractivity (Wildman–Crippen MR) is 103 cm³/mol. The summed E-state index contributed by atoms with van der Waals surface area (Å²) < 4.78 is 25.5. The molecule has 1 aliphatic rings. The lowest BCUT2D eigenvalue weighted by Crippen LogP contribution is -2.44. The number of piperidine rings is 1. The van der Waals surface area contributed by atoms with Gasteiger partial charge in [-0.15, -0.1) is 0 Å². The minimum absolute atomic E-state index is 0.0144. The van der Waals surface area contributed by atoms with Crippen LogP contribution in [0.5, 0.6) is 0 Å². The zero-order chi connectivity index (χ0) is 20.1. The third-order valence-corrected chi connectivity index (χ3v) is 5.21. The highest BCUT2D eigenvalue weighted by molar-refractivity contribution is 7.99. The lowest BCUT2D eigenvalue weighted by atomic mass is 9.96. The second-order valence-corrected chi connectivity index (χ2v) is 7.59. The van der Waals surface area contributed by atoms with Gasteiger partial charge >= 0.3 is 0 Å². The molecule has 0 spiro atoms. The number of halogens is 3. The van der Waals surface area contributed by atoms with Gasteiger partial charge in [-0.05, 0) is 48.9 Å². The van der Waals surface area contributed by atoms with Gasteiger partial charge in [0.15, 0.2) is 0 Å². The van der Waals surface area contributed by atoms with Gasteiger partial charge in [-0.1, -0.05) is 11.6 Å². The standard InChI is InChI=1S/C18H17ClF2N4O2S/c19-12-5-6-14(23-9-12)24-15(26)11-3-2-8-25(10-11)17(27)13-4-1-7-22-16(13)28-18(20)21/h1,4-7,9,11,18H,2-3,8,10H2,(H,23,24,26). The normalized spacial score (nSPS) is 16.9. The first-order chi connectivity index (χ1) is 13.4. The first-order valence-corrected chi connectivity index (χ1v) is 9.81. The van der Waals surface area contributed by atoms with Crippen molar-refractivity contribution < 1.29 is 18.4 Å². The van der Waals surface area contributed by atoms with Gasteiger partial charge in [0, 0.05) is 25.5 Å². The average Bonchev–Trinajstić information content (AvgIpc) is 2.69. The smallest absolute Gasteiger partial charge is 0.290 e. The van der Waals surface area contributed by atoms with Crippen LogP contribution in [0.2, 0.25) is 5.02 Å². The molecule has 0 aliphatic carbocycles. The Kier molecular flexibility index (Phi) is 6.79. The summed E-state index contributed by atoms with van der Waals surface area (Å²) in [6.07, 6.45) is 4.05. The number of hydrogen-bond donors (Lipinski definition) is 1. The zero-order valence-corrected chi connectivity index (χ0v) is 16.2. The maximum Gasteiger partial charge on any atom is 0.290 e. The summed E-state index contributed by atoms with van der Waals surface area (Å²) in [5.41, 5.74) is 0.119. The van der Waals surface area contributed by atoms with Crippen LogP contribution in [0, 0.1) is 5.92 Å². The van der Waals surface area contributed by atoms with E-state index < -0.39 is 17.6 Å². The third kappa shape index (κ3) is 5.17. The molecular formula is C18H17ClF2N4O2S. The van der Waals surface area contributed by atoms with Crippen LogP contribution in [0.3, 0.4) is 0 Å². The molecule has 28 heavy (non-hydrogen) atoms. The Hall–Kier alpha value is -2.26. The number of alkyl halides is 2. The Labute approximate surface area is 169 Å². The highest BCUT2D eigenvalue weighted by Gasteiger charge is 2.30. The van der Waals surface area contributed by atoms with Gasteiger partial charge in [-0.3, -0.25) is 9.59 Å². The lowest BCUT2D eigenvalue weighted by Gasteiger charge is -2.32. The van der Waals surface area contributed by atoms with Crippen LogP contribution in [-0.2, 0) is 4.79 Å². The molecule has 3 rings (SSSR count). The van der Waals surface area contributed by atoms with Gasteiger partial charge in [0.2, 0.25) is 5.91 Å². The second-order valence-electron chi connectivity index (χ2n) is 6.18. The summed E-state index contributed by atoms with van der Waals surface area (Å²) in [6.45, 7) is 0.654. The number of pyridine rings is 2. The molecule has 10 heteroatoms. The highest BCUT2D eigenvalue weighted by atomic mass is 35.5. The molecule has 0 saturated carbocycles. The fourth-order valence-corrected chi connectivity index (χ4v) is 3.64. The molecule has 2 aromatic heterocycles. The van der Waals surface area contributed by atoms with Crippen molar-refractivity contribution in [2.75, 3.05) is 18.4 Å². The van der Waals surface area contributed by atoms with E-state index in [1.165, 1.54) is 29.4 Å². The molecule has 2 aromatic rings. The molecule has 1 fully saturated rings. The van der Waals surface area contributed by atoms with Gasteiger partial charge in [0.25, 0.3) is 11.7 Å². The molecule has 3 heterocycles. The molecule has 0 radical (unpaired) electrons. The number of likely N-dealkylation sites (tertiary alicyclic amines) is 1. The molecular weight excluding hydrogens is 410 g/mol. The van der Waals surface area contributed by atoms with Crippen molar-refractivity contribution in [2.24, 2.45) is 5.92 Å². The second kappa shape index (κ2) is 9.29. The molecule has 0 aromatic carbocycles. The summed E-state index contributed by atoms with van der Waals surface area (Å²) in [6, 6.07) is 6.21. The van der Waals surface area contributed by atoms with Crippen molar-refractivity contribution in [1.82, 2.24) is 14.9 Å². The van der Waals surface area contributed by atoms with Gasteiger partial charge < -0.3 is 10.2 Å². The third-order valence-electron chi connectivity index (χ3n) is 4.26. The van der Waals surface area contributed by atoms with E-state index in [9.17, 15) is 18.4 Å². The van der Waals surface area contributed by atoms with Crippen molar-refractivity contribution in [1.29, 1.82) is 0 Å². The summed E-state index contributed by atoms with van der Waals surface area (Å²) in [4.78, 5) is 34.8. The molecule has 1 atom stereocenters. The fraction of sp³-hybridized carbons (Fsp3) is 0.333. The number of aromatic nitrogens is 2. The monoisotopic (exact) mass is 426 g/mol. The molecule has 1 saturated heterocycles. The Morgan fingerprint density at radius 1 is 1.29 bits per heavy atom. The van der Waals surface area contributed by atoms with Crippen molar-refractivity contribution >= 4 is 41.0 Å². The van der Waals surface area contributed by atoms with Crippen LogP contribution in [0.15, 0.2) is 41.7 Å². The van der Waals surface area contributed by atoms with Crippen molar-refractivity contribution in [3.8, 4) is 0 Å². The summed E-state index contributed by atoms with van der Waals surface area (Å²) in [5, 5.41) is 3.16. The quantitative estimate of drug-likeness (QED) is 0.733. The summed E-state index contributed by atoms with van der Waals surface area (Å²) >= 11 is 6.02. The Morgan fingerprint density at radius 3 is 2.82 bits per heavy atom. The van der Waals surface area contributed by atoms with Gasteiger partial charge in [-0.2, -0.15) is 8.78 Å². The highest BCUT2D eigenvalue weighted by Crippen LogP contribution is 2.28.